The van der Waals surface area contributed by atoms with Gasteiger partial charge in [0.05, 0.1) is 0 Å². The summed E-state index contributed by atoms with van der Waals surface area (Å²) in [7, 11) is 0. The lowest BCUT2D eigenvalue weighted by Crippen LogP contribution is -2.34. The molecule has 0 bridgehead atoms. The van der Waals surface area contributed by atoms with Crippen molar-refractivity contribution in [1.29, 1.82) is 0 Å². The van der Waals surface area contributed by atoms with Crippen LogP contribution < -0.4 is 0 Å². The van der Waals surface area contributed by atoms with Crippen molar-refractivity contribution in [2.45, 2.75) is 10.7 Å². The number of aliphatic hydroxyl groups is 1. The van der Waals surface area contributed by atoms with Gasteiger partial charge in [-0.15, -0.1) is 0 Å². The smallest absolute Gasteiger partial charge is 0.321 e. The van der Waals surface area contributed by atoms with Crippen molar-refractivity contribution in [1.82, 2.24) is 0 Å². The molecule has 0 radical (unpaired) electrons. The normalized spacial score (nSPS) is 16.3. The standard InChI is InChI=1S/C5H8Br2O3/c6-3-5(7,1-2-8)4(9)10/h8H,1-3H2,(H,9,10). The van der Waals surface area contributed by atoms with Gasteiger partial charge in [-0.05, 0) is 6.42 Å². The van der Waals surface area contributed by atoms with Gasteiger partial charge in [0.1, 0.15) is 4.32 Å². The molecule has 0 aliphatic carbocycles. The van der Waals surface area contributed by atoms with Crippen LogP contribution in [0.15, 0.2) is 0 Å². The Morgan fingerprint density at radius 2 is 2.10 bits per heavy atom. The number of halogens is 2. The van der Waals surface area contributed by atoms with Gasteiger partial charge >= 0.3 is 5.97 Å². The molecule has 0 aromatic heterocycles. The Kier molecular flexibility index (Phi) is 4.47. The minimum atomic E-state index is -1.01. The van der Waals surface area contributed by atoms with E-state index in [0.717, 1.165) is 0 Å². The third kappa shape index (κ3) is 2.56. The maximum absolute atomic E-state index is 10.5. The van der Waals surface area contributed by atoms with E-state index in [1.54, 1.807) is 0 Å². The molecule has 0 saturated carbocycles. The number of hydrogen-bond acceptors (Lipinski definition) is 2. The minimum Gasteiger partial charge on any atom is -0.480 e. The summed E-state index contributed by atoms with van der Waals surface area (Å²) < 4.78 is -1.01. The first-order valence-corrected chi connectivity index (χ1v) is 4.57. The van der Waals surface area contributed by atoms with Gasteiger partial charge in [0.15, 0.2) is 0 Å². The van der Waals surface area contributed by atoms with Gasteiger partial charge in [-0.25, -0.2) is 0 Å². The van der Waals surface area contributed by atoms with Crippen LogP contribution in [0.4, 0.5) is 0 Å². The molecule has 0 saturated heterocycles. The fraction of sp³-hybridized carbons (Fsp3) is 0.800. The van der Waals surface area contributed by atoms with E-state index in [2.05, 4.69) is 31.9 Å². The summed E-state index contributed by atoms with van der Waals surface area (Å²) in [5, 5.41) is 17.3. The number of carboxylic acid groups (broad SMARTS) is 1. The summed E-state index contributed by atoms with van der Waals surface area (Å²) in [5.41, 5.74) is 0. The maximum atomic E-state index is 10.5. The van der Waals surface area contributed by atoms with Gasteiger partial charge in [0.2, 0.25) is 0 Å². The number of rotatable bonds is 4. The number of alkyl halides is 2. The molecule has 0 rings (SSSR count). The van der Waals surface area contributed by atoms with Crippen LogP contribution in [-0.2, 0) is 4.79 Å². The second kappa shape index (κ2) is 4.31. The van der Waals surface area contributed by atoms with E-state index in [1.165, 1.54) is 0 Å². The lowest BCUT2D eigenvalue weighted by molar-refractivity contribution is -0.139. The number of aliphatic hydroxyl groups excluding tert-OH is 1. The molecule has 0 aromatic carbocycles. The average Bonchev–Trinajstić information content (AvgIpc) is 1.88. The van der Waals surface area contributed by atoms with Gasteiger partial charge in [-0.3, -0.25) is 4.79 Å². The molecule has 0 aliphatic rings. The van der Waals surface area contributed by atoms with E-state index in [-0.39, 0.29) is 18.4 Å². The largest absolute Gasteiger partial charge is 0.480 e. The van der Waals surface area contributed by atoms with Crippen LogP contribution in [-0.4, -0.2) is 32.4 Å². The zero-order valence-electron chi connectivity index (χ0n) is 5.18. The van der Waals surface area contributed by atoms with E-state index in [0.29, 0.717) is 0 Å². The fourth-order valence-corrected chi connectivity index (χ4v) is 1.11. The summed E-state index contributed by atoms with van der Waals surface area (Å²) in [4.78, 5) is 10.5. The summed E-state index contributed by atoms with van der Waals surface area (Å²) in [6.45, 7) is -0.136. The molecular formula is C5H8Br2O3. The highest BCUT2D eigenvalue weighted by molar-refractivity contribution is 9.12. The van der Waals surface area contributed by atoms with E-state index < -0.39 is 10.3 Å². The van der Waals surface area contributed by atoms with Crippen molar-refractivity contribution in [3.63, 3.8) is 0 Å². The topological polar surface area (TPSA) is 57.5 Å². The molecule has 0 aliphatic heterocycles. The van der Waals surface area contributed by atoms with E-state index in [9.17, 15) is 4.79 Å². The Hall–Kier alpha value is 0.390. The molecule has 0 aromatic rings. The molecule has 5 heteroatoms. The van der Waals surface area contributed by atoms with Gasteiger partial charge < -0.3 is 10.2 Å². The predicted octanol–water partition coefficient (Wildman–Crippen LogP) is 0.982. The number of hydrogen-bond donors (Lipinski definition) is 2. The monoisotopic (exact) mass is 274 g/mol. The lowest BCUT2D eigenvalue weighted by Gasteiger charge is -2.17. The molecule has 10 heavy (non-hydrogen) atoms. The summed E-state index contributed by atoms with van der Waals surface area (Å²) >= 11 is 6.04. The molecule has 1 atom stereocenters. The van der Waals surface area contributed by atoms with Crippen molar-refractivity contribution in [3.05, 3.63) is 0 Å². The minimum absolute atomic E-state index is 0.136. The highest BCUT2D eigenvalue weighted by Gasteiger charge is 2.33. The van der Waals surface area contributed by atoms with Gasteiger partial charge in [0.25, 0.3) is 0 Å². The van der Waals surface area contributed by atoms with Crippen LogP contribution in [0.5, 0.6) is 0 Å². The molecule has 3 nitrogen and oxygen atoms in total. The third-order valence-electron chi connectivity index (χ3n) is 1.10. The third-order valence-corrected chi connectivity index (χ3v) is 3.83. The predicted molar refractivity (Wildman–Crippen MR) is 44.8 cm³/mol. The molecule has 60 valence electrons. The van der Waals surface area contributed by atoms with Gasteiger partial charge in [-0.2, -0.15) is 0 Å². The van der Waals surface area contributed by atoms with Crippen LogP contribution in [0.3, 0.4) is 0 Å². The van der Waals surface area contributed by atoms with Crippen molar-refractivity contribution in [2.24, 2.45) is 0 Å². The molecule has 1 unspecified atom stereocenters. The molecule has 0 amide bonds. The first-order valence-electron chi connectivity index (χ1n) is 2.66. The van der Waals surface area contributed by atoms with Crippen molar-refractivity contribution < 1.29 is 15.0 Å². The molecular weight excluding hydrogens is 268 g/mol. The number of carboxylic acids is 1. The first-order chi connectivity index (χ1) is 4.56. The van der Waals surface area contributed by atoms with Gasteiger partial charge in [0, 0.05) is 11.9 Å². The number of carbonyl (C=O) groups is 1. The average molecular weight is 276 g/mol. The molecule has 0 heterocycles. The van der Waals surface area contributed by atoms with Crippen LogP contribution in [0, 0.1) is 0 Å². The fourth-order valence-electron chi connectivity index (χ4n) is 0.408. The van der Waals surface area contributed by atoms with Crippen LogP contribution in [0.2, 0.25) is 0 Å². The second-order valence-corrected chi connectivity index (χ2v) is 3.96. The lowest BCUT2D eigenvalue weighted by atomic mass is 10.1. The van der Waals surface area contributed by atoms with Crippen molar-refractivity contribution >= 4 is 37.8 Å². The first kappa shape index (κ1) is 10.4. The summed E-state index contributed by atoms with van der Waals surface area (Å²) in [6, 6.07) is 0. The van der Waals surface area contributed by atoms with Crippen molar-refractivity contribution in [2.75, 3.05) is 11.9 Å². The summed E-state index contributed by atoms with van der Waals surface area (Å²) in [5.74, 6) is -0.960. The molecule has 0 spiro atoms. The van der Waals surface area contributed by atoms with Crippen LogP contribution in [0.25, 0.3) is 0 Å². The van der Waals surface area contributed by atoms with Crippen LogP contribution in [0.1, 0.15) is 6.42 Å². The zero-order chi connectivity index (χ0) is 8.20. The van der Waals surface area contributed by atoms with E-state index in [1.807, 2.05) is 0 Å². The van der Waals surface area contributed by atoms with Crippen LogP contribution >= 0.6 is 31.9 Å². The van der Waals surface area contributed by atoms with Gasteiger partial charge in [-0.1, -0.05) is 31.9 Å². The Labute approximate surface area is 75.7 Å². The number of aliphatic carboxylic acids is 1. The Morgan fingerprint density at radius 3 is 2.20 bits per heavy atom. The Balaban J connectivity index is 4.08. The molecule has 2 N–H and O–H groups in total. The summed E-state index contributed by atoms with van der Waals surface area (Å²) in [6.07, 6.45) is 0.202. The maximum Gasteiger partial charge on any atom is 0.321 e. The SMILES string of the molecule is O=C(O)C(Br)(CBr)CCO. The highest BCUT2D eigenvalue weighted by atomic mass is 79.9. The highest BCUT2D eigenvalue weighted by Crippen LogP contribution is 2.24. The molecule has 0 fully saturated rings. The Bertz CT molecular complexity index is 128. The zero-order valence-corrected chi connectivity index (χ0v) is 8.35. The quantitative estimate of drug-likeness (QED) is 0.752. The Morgan fingerprint density at radius 1 is 1.60 bits per heavy atom. The van der Waals surface area contributed by atoms with Crippen molar-refractivity contribution in [3.8, 4) is 0 Å². The second-order valence-electron chi connectivity index (χ2n) is 1.88. The van der Waals surface area contributed by atoms with E-state index in [4.69, 9.17) is 10.2 Å². The van der Waals surface area contributed by atoms with E-state index >= 15 is 0 Å².